The molecule has 1 saturated heterocycles. The van der Waals surface area contributed by atoms with Crippen LogP contribution < -0.4 is 0 Å². The number of halogens is 1. The van der Waals surface area contributed by atoms with Crippen LogP contribution in [0.4, 0.5) is 0 Å². The summed E-state index contributed by atoms with van der Waals surface area (Å²) in [4.78, 5) is 0. The zero-order chi connectivity index (χ0) is 8.39. The van der Waals surface area contributed by atoms with Crippen molar-refractivity contribution in [3.05, 3.63) is 12.2 Å². The minimum atomic E-state index is 0.383. The Hall–Kier alpha value is -0.610. The van der Waals surface area contributed by atoms with E-state index in [1.165, 1.54) is 0 Å². The van der Waals surface area contributed by atoms with Crippen LogP contribution in [0.25, 0.3) is 0 Å². The van der Waals surface area contributed by atoms with Crippen molar-refractivity contribution in [3.63, 3.8) is 0 Å². The summed E-state index contributed by atoms with van der Waals surface area (Å²) < 4.78 is 7.26. The zero-order valence-electron chi connectivity index (χ0n) is 6.61. The minimum Gasteiger partial charge on any atom is -0.379 e. The third-order valence-corrected chi connectivity index (χ3v) is 2.30. The Morgan fingerprint density at radius 1 is 1.75 bits per heavy atom. The van der Waals surface area contributed by atoms with Gasteiger partial charge in [0.25, 0.3) is 0 Å². The van der Waals surface area contributed by atoms with Crippen molar-refractivity contribution >= 4 is 11.6 Å². The predicted molar refractivity (Wildman–Crippen MR) is 44.1 cm³/mol. The van der Waals surface area contributed by atoms with Gasteiger partial charge in [-0.1, -0.05) is 0 Å². The summed E-state index contributed by atoms with van der Waals surface area (Å²) in [7, 11) is 0. The quantitative estimate of drug-likeness (QED) is 0.648. The lowest BCUT2D eigenvalue weighted by Crippen LogP contribution is -2.10. The van der Waals surface area contributed by atoms with E-state index in [-0.39, 0.29) is 0 Å². The highest BCUT2D eigenvalue weighted by Crippen LogP contribution is 2.19. The van der Waals surface area contributed by atoms with E-state index in [9.17, 15) is 0 Å². The predicted octanol–water partition coefficient (Wildman–Crippen LogP) is 0.978. The van der Waals surface area contributed by atoms with E-state index in [0.717, 1.165) is 25.5 Å². The number of nitrogens with zero attached hydrogens (tertiary/aromatic N) is 3. The molecule has 2 heterocycles. The van der Waals surface area contributed by atoms with Crippen molar-refractivity contribution in [2.45, 2.75) is 18.3 Å². The number of alkyl halides is 1. The molecule has 12 heavy (non-hydrogen) atoms. The largest absolute Gasteiger partial charge is 0.379 e. The fourth-order valence-electron chi connectivity index (χ4n) is 1.41. The third kappa shape index (κ3) is 1.32. The summed E-state index contributed by atoms with van der Waals surface area (Å²) in [5.41, 5.74) is 0. The molecule has 0 N–H and O–H groups in total. The van der Waals surface area contributed by atoms with Crippen molar-refractivity contribution in [3.8, 4) is 0 Å². The van der Waals surface area contributed by atoms with Crippen LogP contribution in [0.15, 0.2) is 6.33 Å². The van der Waals surface area contributed by atoms with Gasteiger partial charge in [-0.3, -0.25) is 0 Å². The lowest BCUT2D eigenvalue weighted by Gasteiger charge is -2.10. The minimum absolute atomic E-state index is 0.383. The molecule has 2 rings (SSSR count). The van der Waals surface area contributed by atoms with Crippen LogP contribution in [0.5, 0.6) is 0 Å². The number of hydrogen-bond donors (Lipinski definition) is 0. The summed E-state index contributed by atoms with van der Waals surface area (Å²) >= 11 is 5.69. The molecule has 66 valence electrons. The average molecular weight is 188 g/mol. The van der Waals surface area contributed by atoms with Crippen molar-refractivity contribution < 1.29 is 4.74 Å². The second-order valence-corrected chi connectivity index (χ2v) is 3.07. The molecule has 0 saturated carbocycles. The first-order chi connectivity index (χ1) is 5.92. The van der Waals surface area contributed by atoms with E-state index in [4.69, 9.17) is 16.3 Å². The summed E-state index contributed by atoms with van der Waals surface area (Å²) in [6.45, 7) is 1.58. The Balaban J connectivity index is 2.19. The highest BCUT2D eigenvalue weighted by atomic mass is 35.5. The highest BCUT2D eigenvalue weighted by Gasteiger charge is 2.19. The second-order valence-electron chi connectivity index (χ2n) is 2.81. The summed E-state index contributed by atoms with van der Waals surface area (Å²) in [5.74, 6) is 1.24. The van der Waals surface area contributed by atoms with Gasteiger partial charge in [0.05, 0.1) is 18.5 Å². The van der Waals surface area contributed by atoms with Gasteiger partial charge in [0.2, 0.25) is 0 Å². The molecule has 1 atom stereocenters. The maximum atomic E-state index is 5.69. The van der Waals surface area contributed by atoms with E-state index in [1.54, 1.807) is 6.33 Å². The standard InChI is InChI=1S/C7H10ClN3O/c8-3-7-10-9-5-11(7)6-1-2-12-4-6/h5-6H,1-4H2. The Labute approximate surface area is 75.5 Å². The van der Waals surface area contributed by atoms with Crippen LogP contribution in [0, 0.1) is 0 Å². The van der Waals surface area contributed by atoms with Crippen molar-refractivity contribution in [1.82, 2.24) is 14.8 Å². The van der Waals surface area contributed by atoms with Crippen LogP contribution in [0.3, 0.4) is 0 Å². The van der Waals surface area contributed by atoms with Crippen LogP contribution in [-0.2, 0) is 10.6 Å². The topological polar surface area (TPSA) is 39.9 Å². The molecule has 1 fully saturated rings. The molecule has 0 aliphatic carbocycles. The Kier molecular flexibility index (Phi) is 2.28. The zero-order valence-corrected chi connectivity index (χ0v) is 7.37. The normalized spacial score (nSPS) is 23.2. The summed E-state index contributed by atoms with van der Waals surface area (Å²) in [6.07, 6.45) is 2.75. The van der Waals surface area contributed by atoms with E-state index in [0.29, 0.717) is 11.9 Å². The van der Waals surface area contributed by atoms with Crippen molar-refractivity contribution in [2.75, 3.05) is 13.2 Å². The lowest BCUT2D eigenvalue weighted by molar-refractivity contribution is 0.186. The van der Waals surface area contributed by atoms with Crippen LogP contribution >= 0.6 is 11.6 Å². The smallest absolute Gasteiger partial charge is 0.148 e. The van der Waals surface area contributed by atoms with Gasteiger partial charge in [-0.2, -0.15) is 0 Å². The summed E-state index contributed by atoms with van der Waals surface area (Å²) in [6, 6.07) is 0.383. The SMILES string of the molecule is ClCc1nncn1C1CCOC1. The molecule has 4 nitrogen and oxygen atoms in total. The molecule has 5 heteroatoms. The molecule has 0 amide bonds. The third-order valence-electron chi connectivity index (χ3n) is 2.07. The molecular weight excluding hydrogens is 178 g/mol. The molecule has 1 aromatic heterocycles. The van der Waals surface area contributed by atoms with Gasteiger partial charge < -0.3 is 9.30 Å². The molecule has 0 bridgehead atoms. The van der Waals surface area contributed by atoms with Crippen molar-refractivity contribution in [1.29, 1.82) is 0 Å². The van der Waals surface area contributed by atoms with Gasteiger partial charge >= 0.3 is 0 Å². The van der Waals surface area contributed by atoms with E-state index >= 15 is 0 Å². The van der Waals surface area contributed by atoms with Gasteiger partial charge in [-0.15, -0.1) is 21.8 Å². The van der Waals surface area contributed by atoms with E-state index < -0.39 is 0 Å². The molecule has 0 spiro atoms. The van der Waals surface area contributed by atoms with Crippen LogP contribution in [0.1, 0.15) is 18.3 Å². The molecule has 1 aliphatic rings. The molecular formula is C7H10ClN3O. The number of rotatable bonds is 2. The Morgan fingerprint density at radius 3 is 3.33 bits per heavy atom. The number of ether oxygens (including phenoxy) is 1. The van der Waals surface area contributed by atoms with Crippen molar-refractivity contribution in [2.24, 2.45) is 0 Å². The maximum Gasteiger partial charge on any atom is 0.148 e. The average Bonchev–Trinajstić information content (AvgIpc) is 2.74. The first-order valence-corrected chi connectivity index (χ1v) is 4.47. The molecule has 0 radical (unpaired) electrons. The van der Waals surface area contributed by atoms with E-state index in [2.05, 4.69) is 10.2 Å². The molecule has 1 unspecified atom stereocenters. The van der Waals surface area contributed by atoms with Gasteiger partial charge in [-0.25, -0.2) is 0 Å². The van der Waals surface area contributed by atoms with Gasteiger partial charge in [0.15, 0.2) is 0 Å². The van der Waals surface area contributed by atoms with Crippen LogP contribution in [0.2, 0.25) is 0 Å². The summed E-state index contributed by atoms with van der Waals surface area (Å²) in [5, 5.41) is 7.72. The maximum absolute atomic E-state index is 5.69. The van der Waals surface area contributed by atoms with Gasteiger partial charge in [0.1, 0.15) is 12.2 Å². The number of aromatic nitrogens is 3. The van der Waals surface area contributed by atoms with Gasteiger partial charge in [-0.05, 0) is 6.42 Å². The Morgan fingerprint density at radius 2 is 2.67 bits per heavy atom. The lowest BCUT2D eigenvalue weighted by atomic mass is 10.2. The monoisotopic (exact) mass is 187 g/mol. The fourth-order valence-corrected chi connectivity index (χ4v) is 1.60. The first-order valence-electron chi connectivity index (χ1n) is 3.94. The molecule has 1 aliphatic heterocycles. The fraction of sp³-hybridized carbons (Fsp3) is 0.714. The van der Waals surface area contributed by atoms with Crippen LogP contribution in [-0.4, -0.2) is 28.0 Å². The second kappa shape index (κ2) is 3.41. The molecule has 1 aromatic rings. The molecule has 0 aromatic carbocycles. The first kappa shape index (κ1) is 8.01. The highest BCUT2D eigenvalue weighted by molar-refractivity contribution is 6.16. The number of hydrogen-bond acceptors (Lipinski definition) is 3. The van der Waals surface area contributed by atoms with E-state index in [1.807, 2.05) is 4.57 Å². The Bertz CT molecular complexity index is 257. The van der Waals surface area contributed by atoms with Gasteiger partial charge in [0, 0.05) is 6.61 Å².